The van der Waals surface area contributed by atoms with E-state index >= 15 is 0 Å². The Hall–Kier alpha value is -2.23. The Labute approximate surface area is 131 Å². The molecule has 0 aliphatic carbocycles. The number of hydrogen-bond donors (Lipinski definition) is 0. The van der Waals surface area contributed by atoms with Crippen molar-refractivity contribution in [2.45, 2.75) is 25.3 Å². The summed E-state index contributed by atoms with van der Waals surface area (Å²) in [5.74, 6) is 0.980. The molecule has 1 aromatic carbocycles. The lowest BCUT2D eigenvalue weighted by atomic mass is 10.0. The molecule has 0 spiro atoms. The summed E-state index contributed by atoms with van der Waals surface area (Å²) in [6, 6.07) is 12.4. The van der Waals surface area contributed by atoms with Crippen molar-refractivity contribution in [2.24, 2.45) is 0 Å². The van der Waals surface area contributed by atoms with Crippen LogP contribution in [0, 0.1) is 0 Å². The number of hydrogen-bond acceptors (Lipinski definition) is 2. The number of nitrogens with zero attached hydrogens (tertiary/aromatic N) is 2. The van der Waals surface area contributed by atoms with Crippen LogP contribution in [0.5, 0.6) is 5.75 Å². The van der Waals surface area contributed by atoms with Gasteiger partial charge in [0, 0.05) is 37.1 Å². The fraction of sp³-hybridized carbons (Fsp3) is 0.389. The van der Waals surface area contributed by atoms with Crippen LogP contribution in [0.2, 0.25) is 0 Å². The summed E-state index contributed by atoms with van der Waals surface area (Å²) in [5, 5.41) is 0. The fourth-order valence-corrected chi connectivity index (χ4v) is 3.13. The molecule has 2 aromatic rings. The molecule has 0 bridgehead atoms. The van der Waals surface area contributed by atoms with E-state index < -0.39 is 0 Å². The first-order chi connectivity index (χ1) is 10.8. The predicted molar refractivity (Wildman–Crippen MR) is 86.0 cm³/mol. The van der Waals surface area contributed by atoms with Crippen LogP contribution >= 0.6 is 0 Å². The molecule has 4 nitrogen and oxygen atoms in total. The molecule has 4 heteroatoms. The molecular formula is C18H22N2O2. The maximum atomic E-state index is 12.5. The highest BCUT2D eigenvalue weighted by molar-refractivity contribution is 5.79. The lowest BCUT2D eigenvalue weighted by Gasteiger charge is -2.33. The van der Waals surface area contributed by atoms with E-state index in [9.17, 15) is 4.79 Å². The molecule has 0 N–H and O–H groups in total. The largest absolute Gasteiger partial charge is 0.496 e. The summed E-state index contributed by atoms with van der Waals surface area (Å²) in [5.41, 5.74) is 0.961. The molecule has 0 unspecified atom stereocenters. The highest BCUT2D eigenvalue weighted by Crippen LogP contribution is 2.24. The van der Waals surface area contributed by atoms with Crippen LogP contribution in [0.4, 0.5) is 0 Å². The van der Waals surface area contributed by atoms with Crippen LogP contribution in [0.15, 0.2) is 48.8 Å². The normalized spacial score (nSPS) is 15.8. The number of ether oxygens (including phenoxy) is 1. The van der Waals surface area contributed by atoms with Gasteiger partial charge in [-0.3, -0.25) is 4.79 Å². The van der Waals surface area contributed by atoms with Crippen molar-refractivity contribution in [3.8, 4) is 5.75 Å². The summed E-state index contributed by atoms with van der Waals surface area (Å²) >= 11 is 0. The van der Waals surface area contributed by atoms with Crippen LogP contribution in [-0.4, -0.2) is 35.6 Å². The quantitative estimate of drug-likeness (QED) is 0.870. The average molecular weight is 298 g/mol. The standard InChI is InChI=1S/C18H22N2O2/c1-22-17-7-3-2-6-15(17)14-18(21)20-12-8-16(9-13-20)19-10-4-5-11-19/h2-7,10-11,16H,8-9,12-14H2,1H3. The maximum Gasteiger partial charge on any atom is 0.227 e. The van der Waals surface area contributed by atoms with E-state index in [4.69, 9.17) is 4.74 Å². The zero-order valence-electron chi connectivity index (χ0n) is 12.9. The van der Waals surface area contributed by atoms with E-state index in [-0.39, 0.29) is 5.91 Å². The third kappa shape index (κ3) is 3.16. The van der Waals surface area contributed by atoms with Crippen LogP contribution in [0.25, 0.3) is 0 Å². The molecule has 116 valence electrons. The molecule has 3 rings (SSSR count). The first-order valence-electron chi connectivity index (χ1n) is 7.80. The third-order valence-electron chi connectivity index (χ3n) is 4.40. The van der Waals surface area contributed by atoms with Crippen molar-refractivity contribution in [1.82, 2.24) is 9.47 Å². The first-order valence-corrected chi connectivity index (χ1v) is 7.80. The van der Waals surface area contributed by atoms with Gasteiger partial charge in [-0.25, -0.2) is 0 Å². The second-order valence-electron chi connectivity index (χ2n) is 5.73. The van der Waals surface area contributed by atoms with Crippen molar-refractivity contribution in [3.05, 3.63) is 54.4 Å². The van der Waals surface area contributed by atoms with Crippen molar-refractivity contribution >= 4 is 5.91 Å². The summed E-state index contributed by atoms with van der Waals surface area (Å²) in [6.07, 6.45) is 6.67. The minimum absolute atomic E-state index is 0.190. The van der Waals surface area contributed by atoms with Gasteiger partial charge in [-0.05, 0) is 31.0 Å². The molecule has 1 fully saturated rings. The summed E-state index contributed by atoms with van der Waals surface area (Å²) in [4.78, 5) is 14.5. The van der Waals surface area contributed by atoms with Gasteiger partial charge < -0.3 is 14.2 Å². The second kappa shape index (κ2) is 6.69. The lowest BCUT2D eigenvalue weighted by Crippen LogP contribution is -2.39. The number of carbonyl (C=O) groups is 1. The van der Waals surface area contributed by atoms with Crippen molar-refractivity contribution in [1.29, 1.82) is 0 Å². The Morgan fingerprint density at radius 1 is 1.14 bits per heavy atom. The van der Waals surface area contributed by atoms with Gasteiger partial charge in [0.15, 0.2) is 0 Å². The fourth-order valence-electron chi connectivity index (χ4n) is 3.13. The summed E-state index contributed by atoms with van der Waals surface area (Å²) in [7, 11) is 1.64. The number of piperidine rings is 1. The molecule has 1 aliphatic heterocycles. The number of carbonyl (C=O) groups excluding carboxylic acids is 1. The summed E-state index contributed by atoms with van der Waals surface area (Å²) in [6.45, 7) is 1.66. The molecule has 2 heterocycles. The monoisotopic (exact) mass is 298 g/mol. The highest BCUT2D eigenvalue weighted by atomic mass is 16.5. The van der Waals surface area contributed by atoms with Gasteiger partial charge in [0.1, 0.15) is 5.75 Å². The van der Waals surface area contributed by atoms with Crippen LogP contribution in [-0.2, 0) is 11.2 Å². The van der Waals surface area contributed by atoms with E-state index in [2.05, 4.69) is 29.1 Å². The van der Waals surface area contributed by atoms with Crippen LogP contribution < -0.4 is 4.74 Å². The minimum atomic E-state index is 0.190. The van der Waals surface area contributed by atoms with E-state index in [1.165, 1.54) is 0 Å². The van der Waals surface area contributed by atoms with Gasteiger partial charge in [0.2, 0.25) is 5.91 Å². The average Bonchev–Trinajstić information content (AvgIpc) is 3.10. The molecule has 1 aliphatic rings. The van der Waals surface area contributed by atoms with Crippen molar-refractivity contribution in [2.75, 3.05) is 20.2 Å². The number of aromatic nitrogens is 1. The second-order valence-corrected chi connectivity index (χ2v) is 5.73. The molecule has 0 radical (unpaired) electrons. The van der Waals surface area contributed by atoms with Gasteiger partial charge in [0.05, 0.1) is 13.5 Å². The van der Waals surface area contributed by atoms with E-state index in [0.717, 1.165) is 37.2 Å². The lowest BCUT2D eigenvalue weighted by molar-refractivity contribution is -0.131. The van der Waals surface area contributed by atoms with Gasteiger partial charge >= 0.3 is 0 Å². The first kappa shape index (κ1) is 14.7. The number of amides is 1. The smallest absolute Gasteiger partial charge is 0.227 e. The van der Waals surface area contributed by atoms with Gasteiger partial charge in [-0.2, -0.15) is 0 Å². The highest BCUT2D eigenvalue weighted by Gasteiger charge is 2.23. The Kier molecular flexibility index (Phi) is 4.47. The third-order valence-corrected chi connectivity index (χ3v) is 4.40. The topological polar surface area (TPSA) is 34.5 Å². The molecule has 1 amide bonds. The molecule has 0 atom stereocenters. The van der Waals surface area contributed by atoms with E-state index in [1.807, 2.05) is 29.2 Å². The van der Waals surface area contributed by atoms with Gasteiger partial charge in [0.25, 0.3) is 0 Å². The Balaban J connectivity index is 1.58. The van der Waals surface area contributed by atoms with Crippen molar-refractivity contribution < 1.29 is 9.53 Å². The minimum Gasteiger partial charge on any atom is -0.496 e. The molecule has 1 aromatic heterocycles. The van der Waals surface area contributed by atoms with Gasteiger partial charge in [-0.15, -0.1) is 0 Å². The maximum absolute atomic E-state index is 12.5. The number of methoxy groups -OCH3 is 1. The SMILES string of the molecule is COc1ccccc1CC(=O)N1CCC(n2cccc2)CC1. The Bertz CT molecular complexity index is 614. The number of rotatable bonds is 4. The predicted octanol–water partition coefficient (Wildman–Crippen LogP) is 2.90. The van der Waals surface area contributed by atoms with E-state index in [1.54, 1.807) is 7.11 Å². The molecule has 22 heavy (non-hydrogen) atoms. The van der Waals surface area contributed by atoms with Crippen LogP contribution in [0.3, 0.4) is 0 Å². The number of para-hydroxylation sites is 1. The Morgan fingerprint density at radius 3 is 2.50 bits per heavy atom. The number of benzene rings is 1. The number of likely N-dealkylation sites (tertiary alicyclic amines) is 1. The zero-order valence-corrected chi connectivity index (χ0v) is 12.9. The van der Waals surface area contributed by atoms with Crippen molar-refractivity contribution in [3.63, 3.8) is 0 Å². The van der Waals surface area contributed by atoms with Gasteiger partial charge in [-0.1, -0.05) is 18.2 Å². The molecular weight excluding hydrogens is 276 g/mol. The molecule has 0 saturated carbocycles. The van der Waals surface area contributed by atoms with E-state index in [0.29, 0.717) is 12.5 Å². The Morgan fingerprint density at radius 2 is 1.82 bits per heavy atom. The van der Waals surface area contributed by atoms with Crippen LogP contribution in [0.1, 0.15) is 24.4 Å². The molecule has 1 saturated heterocycles. The summed E-state index contributed by atoms with van der Waals surface area (Å²) < 4.78 is 7.58. The zero-order chi connectivity index (χ0) is 15.4.